The van der Waals surface area contributed by atoms with Gasteiger partial charge in [0, 0.05) is 67.0 Å². The van der Waals surface area contributed by atoms with E-state index in [2.05, 4.69) is 16.0 Å². The first kappa shape index (κ1) is 46.9. The van der Waals surface area contributed by atoms with Crippen molar-refractivity contribution in [2.75, 3.05) is 122 Å². The average molecular weight is 578 g/mol. The molecule has 6 N–H and O–H groups in total. The summed E-state index contributed by atoms with van der Waals surface area (Å²) >= 11 is 0. The van der Waals surface area contributed by atoms with Crippen molar-refractivity contribution >= 4 is 17.9 Å². The lowest BCUT2D eigenvalue weighted by Gasteiger charge is -1.99. The first-order valence-corrected chi connectivity index (χ1v) is 12.6. The molecular formula is C24H55N3O12. The average Bonchev–Trinajstić information content (AvgIpc) is 2.89. The second-order valence-corrected chi connectivity index (χ2v) is 7.20. The Labute approximate surface area is 233 Å². The maximum Gasteiger partial charge on any atom is 0.0993 e. The van der Waals surface area contributed by atoms with Gasteiger partial charge in [0.2, 0.25) is 0 Å². The van der Waals surface area contributed by atoms with Crippen LogP contribution in [0.4, 0.5) is 0 Å². The number of carbonyl (C=O) groups is 3. The number of nitrogens with two attached hydrogens (primary N) is 3. The zero-order valence-corrected chi connectivity index (χ0v) is 25.0. The van der Waals surface area contributed by atoms with E-state index in [-0.39, 0.29) is 6.42 Å². The fraction of sp³-hybridized carbons (Fsp3) is 0.875. The van der Waals surface area contributed by atoms with Crippen LogP contribution in [0.3, 0.4) is 0 Å². The van der Waals surface area contributed by atoms with Crippen molar-refractivity contribution in [3.05, 3.63) is 0 Å². The van der Waals surface area contributed by atoms with E-state index < -0.39 is 24.3 Å². The van der Waals surface area contributed by atoms with Crippen molar-refractivity contribution in [2.45, 2.75) is 19.8 Å². The fourth-order valence-corrected chi connectivity index (χ4v) is 1.76. The Morgan fingerprint density at radius 1 is 0.462 bits per heavy atom. The van der Waals surface area contributed by atoms with Gasteiger partial charge in [-0.1, -0.05) is 6.92 Å². The molecule has 15 heteroatoms. The molecule has 0 unspecified atom stereocenters. The van der Waals surface area contributed by atoms with E-state index in [1.54, 1.807) is 42.7 Å². The van der Waals surface area contributed by atoms with Gasteiger partial charge >= 0.3 is 0 Å². The number of carboxylic acids is 3. The van der Waals surface area contributed by atoms with Crippen LogP contribution in [0.25, 0.3) is 0 Å². The standard InChI is InChI=1S/3C6H15NO2.C3H4O4.C3H6O2/c3*1-8-5-3-7-4-6-9-2;4-2(5)1-3(6)7;1-2-3(4)5/h3*7H,3-6H2,1-2H3;1H2,(H,4,5)(H,6,7);2H2,1H3,(H,4,5). The minimum atomic E-state index is -1.63. The number of carbonyl (C=O) groups excluding carboxylic acids is 3. The van der Waals surface area contributed by atoms with Gasteiger partial charge in [-0.15, -0.1) is 0 Å². The molecule has 0 aliphatic heterocycles. The Kier molecular flexibility index (Phi) is 58.9. The van der Waals surface area contributed by atoms with Crippen LogP contribution in [0.1, 0.15) is 19.8 Å². The molecule has 0 amide bonds. The van der Waals surface area contributed by atoms with Crippen LogP contribution in [-0.4, -0.2) is 139 Å². The summed E-state index contributed by atoms with van der Waals surface area (Å²) in [6.07, 6.45) is -0.917. The van der Waals surface area contributed by atoms with E-state index in [0.29, 0.717) is 0 Å². The van der Waals surface area contributed by atoms with E-state index in [1.807, 2.05) is 0 Å². The van der Waals surface area contributed by atoms with Crippen molar-refractivity contribution < 1.29 is 74.1 Å². The number of ether oxygens (including phenoxy) is 6. The number of carboxylic acid groups (broad SMARTS) is 3. The van der Waals surface area contributed by atoms with Crippen molar-refractivity contribution in [1.29, 1.82) is 0 Å². The van der Waals surface area contributed by atoms with Crippen molar-refractivity contribution in [3.8, 4) is 0 Å². The summed E-state index contributed by atoms with van der Waals surface area (Å²) in [5.41, 5.74) is 0. The molecule has 0 spiro atoms. The monoisotopic (exact) mass is 577 g/mol. The second-order valence-electron chi connectivity index (χ2n) is 7.20. The molecule has 0 rings (SSSR count). The summed E-state index contributed by atoms with van der Waals surface area (Å²) in [5.74, 6) is -4.25. The zero-order chi connectivity index (χ0) is 31.0. The highest BCUT2D eigenvalue weighted by atomic mass is 16.5. The Bertz CT molecular complexity index is 412. The lowest BCUT2D eigenvalue weighted by atomic mass is 10.5. The third kappa shape index (κ3) is 86.0. The number of hydrogen-bond acceptors (Lipinski definition) is 12. The first-order valence-electron chi connectivity index (χ1n) is 12.6. The van der Waals surface area contributed by atoms with E-state index in [0.717, 1.165) is 78.9 Å². The third-order valence-corrected chi connectivity index (χ3v) is 3.73. The third-order valence-electron chi connectivity index (χ3n) is 3.73. The highest BCUT2D eigenvalue weighted by Gasteiger charge is 1.88. The van der Waals surface area contributed by atoms with Gasteiger partial charge in [0.1, 0.15) is 0 Å². The molecule has 0 heterocycles. The molecule has 0 saturated carbocycles. The molecule has 0 radical (unpaired) electrons. The molecule has 39 heavy (non-hydrogen) atoms. The number of aliphatic carboxylic acids is 3. The minimum absolute atomic E-state index is 0.111. The van der Waals surface area contributed by atoms with Gasteiger partial charge in [-0.05, 0) is 6.42 Å². The molecule has 0 aliphatic rings. The molecule has 0 aromatic heterocycles. The van der Waals surface area contributed by atoms with E-state index in [1.165, 1.54) is 6.92 Å². The van der Waals surface area contributed by atoms with Crippen LogP contribution in [0.5, 0.6) is 0 Å². The predicted molar refractivity (Wildman–Crippen MR) is 136 cm³/mol. The van der Waals surface area contributed by atoms with Crippen LogP contribution in [0.15, 0.2) is 0 Å². The van der Waals surface area contributed by atoms with Gasteiger partial charge in [-0.25, -0.2) is 0 Å². The Morgan fingerprint density at radius 3 is 0.718 bits per heavy atom. The summed E-state index contributed by atoms with van der Waals surface area (Å²) < 4.78 is 29.1. The van der Waals surface area contributed by atoms with Crippen LogP contribution in [-0.2, 0) is 42.8 Å². The largest absolute Gasteiger partial charge is 0.550 e. The summed E-state index contributed by atoms with van der Waals surface area (Å²) in [4.78, 5) is 27.8. The highest BCUT2D eigenvalue weighted by molar-refractivity contribution is 5.86. The predicted octanol–water partition coefficient (Wildman–Crippen LogP) is -7.45. The van der Waals surface area contributed by atoms with Gasteiger partial charge in [0.25, 0.3) is 0 Å². The molecule has 0 aliphatic carbocycles. The first-order chi connectivity index (χ1) is 18.6. The highest BCUT2D eigenvalue weighted by Crippen LogP contribution is 1.66. The van der Waals surface area contributed by atoms with Gasteiger partial charge in [-0.3, -0.25) is 0 Å². The van der Waals surface area contributed by atoms with Gasteiger partial charge < -0.3 is 74.1 Å². The summed E-state index contributed by atoms with van der Waals surface area (Å²) in [6, 6.07) is 0. The number of quaternary nitrogens is 3. The molecule has 0 atom stereocenters. The van der Waals surface area contributed by atoms with Crippen LogP contribution < -0.4 is 31.3 Å². The molecule has 0 saturated heterocycles. The maximum atomic E-state index is 9.28. The summed E-state index contributed by atoms with van der Waals surface area (Å²) in [6.45, 7) is 12.6. The number of rotatable bonds is 21. The van der Waals surface area contributed by atoms with Gasteiger partial charge in [0.05, 0.1) is 78.9 Å². The topological polar surface area (TPSA) is 226 Å². The lowest BCUT2D eigenvalue weighted by Crippen LogP contribution is -2.86. The molecule has 0 aromatic carbocycles. The van der Waals surface area contributed by atoms with Gasteiger partial charge in [0.15, 0.2) is 0 Å². The van der Waals surface area contributed by atoms with E-state index in [9.17, 15) is 29.7 Å². The van der Waals surface area contributed by atoms with E-state index in [4.69, 9.17) is 28.4 Å². The molecule has 0 bridgehead atoms. The smallest absolute Gasteiger partial charge is 0.0993 e. The van der Waals surface area contributed by atoms with E-state index >= 15 is 0 Å². The molecule has 15 nitrogen and oxygen atoms in total. The molecule has 238 valence electrons. The van der Waals surface area contributed by atoms with Crippen LogP contribution in [0, 0.1) is 0 Å². The molecular weight excluding hydrogens is 522 g/mol. The minimum Gasteiger partial charge on any atom is -0.550 e. The quantitative estimate of drug-likeness (QED) is 0.0854. The van der Waals surface area contributed by atoms with Crippen molar-refractivity contribution in [1.82, 2.24) is 0 Å². The second kappa shape index (κ2) is 49.0. The number of hydrogen-bond donors (Lipinski definition) is 3. The summed E-state index contributed by atoms with van der Waals surface area (Å²) in [5, 5.41) is 34.3. The van der Waals surface area contributed by atoms with Crippen LogP contribution in [0.2, 0.25) is 0 Å². The Morgan fingerprint density at radius 2 is 0.641 bits per heavy atom. The molecule has 0 fully saturated rings. The van der Waals surface area contributed by atoms with Crippen LogP contribution >= 0.6 is 0 Å². The lowest BCUT2D eigenvalue weighted by molar-refractivity contribution is -0.657. The normalized spacial score (nSPS) is 9.31. The Hall–Kier alpha value is -1.95. The van der Waals surface area contributed by atoms with Crippen molar-refractivity contribution in [2.24, 2.45) is 0 Å². The maximum absolute atomic E-state index is 9.28. The number of methoxy groups -OCH3 is 6. The molecule has 0 aromatic rings. The van der Waals surface area contributed by atoms with Crippen molar-refractivity contribution in [3.63, 3.8) is 0 Å². The SMILES string of the molecule is CCC(=O)[O-].COCC[NH2+]CCOC.COCC[NH2+]CCOC.COCC[NH2+]CCOC.O=C([O-])CC(=O)[O-]. The Balaban J connectivity index is -0.000000125. The summed E-state index contributed by atoms with van der Waals surface area (Å²) in [7, 11) is 10.3. The fourth-order valence-electron chi connectivity index (χ4n) is 1.76. The zero-order valence-electron chi connectivity index (χ0n) is 25.0. The van der Waals surface area contributed by atoms with Gasteiger partial charge in [-0.2, -0.15) is 0 Å².